The van der Waals surface area contributed by atoms with Crippen LogP contribution in [0.4, 0.5) is 0 Å². The van der Waals surface area contributed by atoms with E-state index in [9.17, 15) is 4.79 Å². The Hall–Kier alpha value is -0.530. The Bertz CT molecular complexity index is 264. The molecule has 0 radical (unpaired) electrons. The SMILES string of the molecule is CCCCCCCCCCCCCCC(C)(CCC)C(N)=O. The molecule has 1 unspecified atom stereocenters. The van der Waals surface area contributed by atoms with Crippen LogP contribution >= 0.6 is 0 Å². The lowest BCUT2D eigenvalue weighted by Crippen LogP contribution is -2.34. The number of hydrogen-bond acceptors (Lipinski definition) is 1. The standard InChI is InChI=1S/C20H41NO/c1-4-6-7-8-9-10-11-12-13-14-15-16-18-20(3,17-5-2)19(21)22/h4-18H2,1-3H3,(H2,21,22). The van der Waals surface area contributed by atoms with Crippen molar-refractivity contribution in [2.75, 3.05) is 0 Å². The maximum atomic E-state index is 11.6. The van der Waals surface area contributed by atoms with Crippen molar-refractivity contribution >= 4 is 5.91 Å². The maximum absolute atomic E-state index is 11.6. The molecule has 0 bridgehead atoms. The Morgan fingerprint density at radius 1 is 0.682 bits per heavy atom. The Morgan fingerprint density at radius 2 is 1.09 bits per heavy atom. The molecule has 22 heavy (non-hydrogen) atoms. The van der Waals surface area contributed by atoms with Crippen LogP contribution in [0.15, 0.2) is 0 Å². The summed E-state index contributed by atoms with van der Waals surface area (Å²) < 4.78 is 0. The van der Waals surface area contributed by atoms with E-state index in [1.54, 1.807) is 0 Å². The van der Waals surface area contributed by atoms with E-state index in [2.05, 4.69) is 13.8 Å². The fourth-order valence-electron chi connectivity index (χ4n) is 3.28. The van der Waals surface area contributed by atoms with E-state index >= 15 is 0 Å². The minimum Gasteiger partial charge on any atom is -0.369 e. The summed E-state index contributed by atoms with van der Waals surface area (Å²) in [6, 6.07) is 0. The second-order valence-corrected chi connectivity index (χ2v) is 7.31. The second-order valence-electron chi connectivity index (χ2n) is 7.31. The number of hydrogen-bond donors (Lipinski definition) is 1. The van der Waals surface area contributed by atoms with Gasteiger partial charge in [0.05, 0.1) is 0 Å². The zero-order valence-corrected chi connectivity index (χ0v) is 15.6. The van der Waals surface area contributed by atoms with Crippen LogP contribution in [-0.2, 0) is 4.79 Å². The molecule has 0 saturated carbocycles. The van der Waals surface area contributed by atoms with Crippen LogP contribution in [0.1, 0.15) is 117 Å². The van der Waals surface area contributed by atoms with Gasteiger partial charge in [-0.1, -0.05) is 104 Å². The summed E-state index contributed by atoms with van der Waals surface area (Å²) in [6.45, 7) is 6.44. The first kappa shape index (κ1) is 21.5. The lowest BCUT2D eigenvalue weighted by molar-refractivity contribution is -0.127. The summed E-state index contributed by atoms with van der Waals surface area (Å²) in [5, 5.41) is 0. The number of carbonyl (C=O) groups is 1. The van der Waals surface area contributed by atoms with Crippen molar-refractivity contribution in [1.29, 1.82) is 0 Å². The molecule has 0 aliphatic heterocycles. The fourth-order valence-corrected chi connectivity index (χ4v) is 3.28. The van der Waals surface area contributed by atoms with E-state index in [0.29, 0.717) is 0 Å². The van der Waals surface area contributed by atoms with E-state index < -0.39 is 0 Å². The van der Waals surface area contributed by atoms with Gasteiger partial charge in [0.15, 0.2) is 0 Å². The average Bonchev–Trinajstić information content (AvgIpc) is 2.48. The lowest BCUT2D eigenvalue weighted by Gasteiger charge is -2.25. The van der Waals surface area contributed by atoms with Gasteiger partial charge >= 0.3 is 0 Å². The van der Waals surface area contributed by atoms with Gasteiger partial charge in [0.1, 0.15) is 0 Å². The molecule has 0 rings (SSSR count). The van der Waals surface area contributed by atoms with Gasteiger partial charge in [-0.2, -0.15) is 0 Å². The Labute approximate surface area is 139 Å². The summed E-state index contributed by atoms with van der Waals surface area (Å²) in [4.78, 5) is 11.6. The highest BCUT2D eigenvalue weighted by molar-refractivity contribution is 5.80. The zero-order valence-electron chi connectivity index (χ0n) is 15.6. The fraction of sp³-hybridized carbons (Fsp3) is 0.950. The molecule has 0 saturated heterocycles. The number of rotatable bonds is 16. The molecular formula is C20H41NO. The van der Waals surface area contributed by atoms with Crippen molar-refractivity contribution in [3.63, 3.8) is 0 Å². The van der Waals surface area contributed by atoms with Gasteiger partial charge in [-0.15, -0.1) is 0 Å². The number of amides is 1. The van der Waals surface area contributed by atoms with E-state index in [1.165, 1.54) is 70.6 Å². The topological polar surface area (TPSA) is 43.1 Å². The van der Waals surface area contributed by atoms with Crippen molar-refractivity contribution < 1.29 is 4.79 Å². The monoisotopic (exact) mass is 311 g/mol. The summed E-state index contributed by atoms with van der Waals surface area (Å²) >= 11 is 0. The number of nitrogens with two attached hydrogens (primary N) is 1. The zero-order chi connectivity index (χ0) is 16.7. The molecule has 0 fully saturated rings. The normalized spacial score (nSPS) is 14.0. The van der Waals surface area contributed by atoms with Crippen molar-refractivity contribution in [1.82, 2.24) is 0 Å². The molecule has 0 aliphatic carbocycles. The first-order valence-electron chi connectivity index (χ1n) is 9.86. The summed E-state index contributed by atoms with van der Waals surface area (Å²) in [5.41, 5.74) is 5.29. The third kappa shape index (κ3) is 11.1. The Balaban J connectivity index is 3.41. The van der Waals surface area contributed by atoms with Gasteiger partial charge < -0.3 is 5.73 Å². The molecule has 0 aromatic rings. The van der Waals surface area contributed by atoms with Gasteiger partial charge in [-0.3, -0.25) is 4.79 Å². The first-order valence-corrected chi connectivity index (χ1v) is 9.86. The predicted octanol–water partition coefficient (Wildman–Crippen LogP) is 6.37. The van der Waals surface area contributed by atoms with Crippen molar-refractivity contribution in [2.24, 2.45) is 11.1 Å². The number of carbonyl (C=O) groups excluding carboxylic acids is 1. The molecule has 0 spiro atoms. The first-order chi connectivity index (χ1) is 10.6. The highest BCUT2D eigenvalue weighted by Crippen LogP contribution is 2.29. The van der Waals surface area contributed by atoms with Gasteiger partial charge in [-0.25, -0.2) is 0 Å². The van der Waals surface area contributed by atoms with E-state index in [0.717, 1.165) is 25.7 Å². The van der Waals surface area contributed by atoms with E-state index in [1.807, 2.05) is 6.92 Å². The molecule has 0 heterocycles. The Morgan fingerprint density at radius 3 is 1.45 bits per heavy atom. The van der Waals surface area contributed by atoms with Crippen LogP contribution in [0.25, 0.3) is 0 Å². The van der Waals surface area contributed by atoms with Gasteiger partial charge in [0, 0.05) is 5.41 Å². The quantitative estimate of drug-likeness (QED) is 0.331. The number of primary amides is 1. The minimum atomic E-state index is -0.271. The highest BCUT2D eigenvalue weighted by Gasteiger charge is 2.28. The summed E-state index contributed by atoms with van der Waals surface area (Å²) in [5.74, 6) is -0.113. The molecule has 2 N–H and O–H groups in total. The van der Waals surface area contributed by atoms with Crippen LogP contribution in [-0.4, -0.2) is 5.91 Å². The molecule has 1 amide bonds. The molecule has 0 aromatic heterocycles. The van der Waals surface area contributed by atoms with Gasteiger partial charge in [0.25, 0.3) is 0 Å². The van der Waals surface area contributed by atoms with Crippen LogP contribution < -0.4 is 5.73 Å². The molecule has 2 heteroatoms. The number of unbranched alkanes of at least 4 members (excludes halogenated alkanes) is 11. The van der Waals surface area contributed by atoms with E-state index in [-0.39, 0.29) is 11.3 Å². The smallest absolute Gasteiger partial charge is 0.223 e. The third-order valence-electron chi connectivity index (χ3n) is 4.98. The van der Waals surface area contributed by atoms with Crippen molar-refractivity contribution in [3.05, 3.63) is 0 Å². The molecular weight excluding hydrogens is 270 g/mol. The van der Waals surface area contributed by atoms with E-state index in [4.69, 9.17) is 5.73 Å². The molecule has 132 valence electrons. The van der Waals surface area contributed by atoms with Gasteiger partial charge in [-0.05, 0) is 12.8 Å². The van der Waals surface area contributed by atoms with Crippen LogP contribution in [0.2, 0.25) is 0 Å². The van der Waals surface area contributed by atoms with Crippen molar-refractivity contribution in [2.45, 2.75) is 117 Å². The molecule has 1 atom stereocenters. The Kier molecular flexibility index (Phi) is 13.7. The molecule has 0 aliphatic rings. The summed E-state index contributed by atoms with van der Waals surface area (Å²) in [6.07, 6.45) is 19.2. The van der Waals surface area contributed by atoms with Crippen LogP contribution in [0.5, 0.6) is 0 Å². The highest BCUT2D eigenvalue weighted by atomic mass is 16.1. The lowest BCUT2D eigenvalue weighted by atomic mass is 9.80. The molecule has 0 aromatic carbocycles. The minimum absolute atomic E-state index is 0.113. The van der Waals surface area contributed by atoms with Crippen LogP contribution in [0.3, 0.4) is 0 Å². The second kappa shape index (κ2) is 14.1. The predicted molar refractivity (Wildman–Crippen MR) is 97.9 cm³/mol. The molecule has 2 nitrogen and oxygen atoms in total. The maximum Gasteiger partial charge on any atom is 0.223 e. The summed E-state index contributed by atoms with van der Waals surface area (Å²) in [7, 11) is 0. The largest absolute Gasteiger partial charge is 0.369 e. The van der Waals surface area contributed by atoms with Crippen molar-refractivity contribution in [3.8, 4) is 0 Å². The van der Waals surface area contributed by atoms with Crippen LogP contribution in [0, 0.1) is 5.41 Å². The van der Waals surface area contributed by atoms with Gasteiger partial charge in [0.2, 0.25) is 5.91 Å². The average molecular weight is 312 g/mol. The third-order valence-corrected chi connectivity index (χ3v) is 4.98.